The van der Waals surface area contributed by atoms with Crippen LogP contribution >= 0.6 is 0 Å². The van der Waals surface area contributed by atoms with Gasteiger partial charge in [-0.3, -0.25) is 4.79 Å². The standard InChI is InChI=1S/C10H19NO/c1-10(2,3)8-11-6-4-9(12)5-7-11/h4-8H2,1-3H3. The van der Waals surface area contributed by atoms with Crippen LogP contribution in [-0.2, 0) is 4.79 Å². The van der Waals surface area contributed by atoms with Gasteiger partial charge >= 0.3 is 0 Å². The summed E-state index contributed by atoms with van der Waals surface area (Å²) in [6, 6.07) is 0. The molecule has 1 fully saturated rings. The van der Waals surface area contributed by atoms with E-state index in [1.54, 1.807) is 0 Å². The van der Waals surface area contributed by atoms with Crippen LogP contribution in [0.2, 0.25) is 0 Å². The second kappa shape index (κ2) is 3.56. The number of carbonyl (C=O) groups is 1. The van der Waals surface area contributed by atoms with Crippen LogP contribution in [0.15, 0.2) is 0 Å². The lowest BCUT2D eigenvalue weighted by Gasteiger charge is -2.32. The Balaban J connectivity index is 2.31. The zero-order chi connectivity index (χ0) is 9.19. The molecular weight excluding hydrogens is 150 g/mol. The van der Waals surface area contributed by atoms with E-state index in [0.29, 0.717) is 11.2 Å². The molecule has 0 amide bonds. The molecule has 0 aromatic heterocycles. The summed E-state index contributed by atoms with van der Waals surface area (Å²) < 4.78 is 0. The Morgan fingerprint density at radius 3 is 2.17 bits per heavy atom. The predicted octanol–water partition coefficient (Wildman–Crippen LogP) is 1.70. The van der Waals surface area contributed by atoms with Crippen molar-refractivity contribution in [3.63, 3.8) is 0 Å². The first kappa shape index (κ1) is 9.72. The SMILES string of the molecule is CC(C)(C)CN1CCC(=O)CC1. The first-order chi connectivity index (χ1) is 5.47. The Hall–Kier alpha value is -0.370. The van der Waals surface area contributed by atoms with E-state index in [1.165, 1.54) is 0 Å². The zero-order valence-corrected chi connectivity index (χ0v) is 8.39. The van der Waals surface area contributed by atoms with Gasteiger partial charge in [0, 0.05) is 32.5 Å². The maximum absolute atomic E-state index is 10.9. The van der Waals surface area contributed by atoms with Crippen molar-refractivity contribution in [2.75, 3.05) is 19.6 Å². The van der Waals surface area contributed by atoms with Crippen LogP contribution in [0.3, 0.4) is 0 Å². The molecule has 1 aliphatic rings. The van der Waals surface area contributed by atoms with Gasteiger partial charge in [-0.25, -0.2) is 0 Å². The van der Waals surface area contributed by atoms with Gasteiger partial charge in [0.05, 0.1) is 0 Å². The fraction of sp³-hybridized carbons (Fsp3) is 0.900. The molecule has 2 nitrogen and oxygen atoms in total. The van der Waals surface area contributed by atoms with E-state index < -0.39 is 0 Å². The molecule has 0 atom stereocenters. The van der Waals surface area contributed by atoms with Gasteiger partial charge < -0.3 is 4.90 Å². The van der Waals surface area contributed by atoms with Gasteiger partial charge in [0.1, 0.15) is 5.78 Å². The molecule has 0 aliphatic carbocycles. The fourth-order valence-electron chi connectivity index (χ4n) is 1.63. The van der Waals surface area contributed by atoms with Crippen molar-refractivity contribution in [3.8, 4) is 0 Å². The molecule has 70 valence electrons. The van der Waals surface area contributed by atoms with Crippen LogP contribution in [0, 0.1) is 5.41 Å². The molecule has 1 aliphatic heterocycles. The minimum Gasteiger partial charge on any atom is -0.302 e. The monoisotopic (exact) mass is 169 g/mol. The average Bonchev–Trinajstić information content (AvgIpc) is 1.91. The van der Waals surface area contributed by atoms with Crippen molar-refractivity contribution in [2.24, 2.45) is 5.41 Å². The Morgan fingerprint density at radius 1 is 1.25 bits per heavy atom. The van der Waals surface area contributed by atoms with Gasteiger partial charge in [-0.2, -0.15) is 0 Å². The highest BCUT2D eigenvalue weighted by atomic mass is 16.1. The Bertz CT molecular complexity index is 159. The number of carbonyl (C=O) groups excluding carboxylic acids is 1. The van der Waals surface area contributed by atoms with Gasteiger partial charge in [0.15, 0.2) is 0 Å². The number of piperidine rings is 1. The van der Waals surface area contributed by atoms with Crippen LogP contribution in [0.1, 0.15) is 33.6 Å². The number of Topliss-reactive ketones (excluding diaryl/α,β-unsaturated/α-hetero) is 1. The van der Waals surface area contributed by atoms with Crippen LogP contribution in [0.25, 0.3) is 0 Å². The Morgan fingerprint density at radius 2 is 1.75 bits per heavy atom. The lowest BCUT2D eigenvalue weighted by Crippen LogP contribution is -2.39. The van der Waals surface area contributed by atoms with E-state index >= 15 is 0 Å². The number of nitrogens with zero attached hydrogens (tertiary/aromatic N) is 1. The smallest absolute Gasteiger partial charge is 0.135 e. The summed E-state index contributed by atoms with van der Waals surface area (Å²) in [6.45, 7) is 9.77. The summed E-state index contributed by atoms with van der Waals surface area (Å²) >= 11 is 0. The van der Waals surface area contributed by atoms with Crippen LogP contribution < -0.4 is 0 Å². The van der Waals surface area contributed by atoms with Gasteiger partial charge in [-0.05, 0) is 5.41 Å². The average molecular weight is 169 g/mol. The van der Waals surface area contributed by atoms with E-state index in [1.807, 2.05) is 0 Å². The third kappa shape index (κ3) is 3.35. The molecule has 0 bridgehead atoms. The van der Waals surface area contributed by atoms with Crippen LogP contribution in [-0.4, -0.2) is 30.3 Å². The molecule has 0 saturated carbocycles. The molecule has 1 heterocycles. The van der Waals surface area contributed by atoms with Gasteiger partial charge in [-0.1, -0.05) is 20.8 Å². The predicted molar refractivity (Wildman–Crippen MR) is 50.1 cm³/mol. The molecule has 0 aromatic carbocycles. The van der Waals surface area contributed by atoms with Gasteiger partial charge in [0.2, 0.25) is 0 Å². The minimum absolute atomic E-state index is 0.361. The molecule has 0 unspecified atom stereocenters. The largest absolute Gasteiger partial charge is 0.302 e. The topological polar surface area (TPSA) is 20.3 Å². The van der Waals surface area contributed by atoms with E-state index in [4.69, 9.17) is 0 Å². The normalized spacial score (nSPS) is 21.4. The number of likely N-dealkylation sites (tertiary alicyclic amines) is 1. The maximum Gasteiger partial charge on any atom is 0.135 e. The van der Waals surface area contributed by atoms with E-state index in [2.05, 4.69) is 25.7 Å². The molecule has 1 rings (SSSR count). The third-order valence-corrected chi connectivity index (χ3v) is 2.11. The van der Waals surface area contributed by atoms with Crippen molar-refractivity contribution in [2.45, 2.75) is 33.6 Å². The first-order valence-electron chi connectivity index (χ1n) is 4.71. The second-order valence-corrected chi connectivity index (χ2v) is 4.88. The van der Waals surface area contributed by atoms with Crippen molar-refractivity contribution in [1.82, 2.24) is 4.90 Å². The van der Waals surface area contributed by atoms with E-state index in [9.17, 15) is 4.79 Å². The van der Waals surface area contributed by atoms with Crippen LogP contribution in [0.5, 0.6) is 0 Å². The lowest BCUT2D eigenvalue weighted by atomic mass is 9.95. The summed E-state index contributed by atoms with van der Waals surface area (Å²) in [7, 11) is 0. The highest BCUT2D eigenvalue weighted by molar-refractivity contribution is 5.79. The van der Waals surface area contributed by atoms with Crippen molar-refractivity contribution >= 4 is 5.78 Å². The fourth-order valence-corrected chi connectivity index (χ4v) is 1.63. The number of rotatable bonds is 1. The van der Waals surface area contributed by atoms with Crippen LogP contribution in [0.4, 0.5) is 0 Å². The number of ketones is 1. The molecule has 0 spiro atoms. The van der Waals surface area contributed by atoms with Gasteiger partial charge in [-0.15, -0.1) is 0 Å². The maximum atomic E-state index is 10.9. The van der Waals surface area contributed by atoms with Gasteiger partial charge in [0.25, 0.3) is 0 Å². The molecule has 0 aromatic rings. The number of hydrogen-bond donors (Lipinski definition) is 0. The summed E-state index contributed by atoms with van der Waals surface area (Å²) in [6.07, 6.45) is 1.52. The van der Waals surface area contributed by atoms with Crippen molar-refractivity contribution in [3.05, 3.63) is 0 Å². The molecular formula is C10H19NO. The zero-order valence-electron chi connectivity index (χ0n) is 8.39. The summed E-state index contributed by atoms with van der Waals surface area (Å²) in [4.78, 5) is 13.3. The lowest BCUT2D eigenvalue weighted by molar-refractivity contribution is -0.121. The van der Waals surface area contributed by atoms with Crippen molar-refractivity contribution in [1.29, 1.82) is 0 Å². The number of hydrogen-bond acceptors (Lipinski definition) is 2. The molecule has 0 radical (unpaired) electrons. The molecule has 2 heteroatoms. The van der Waals surface area contributed by atoms with E-state index in [0.717, 1.165) is 32.5 Å². The highest BCUT2D eigenvalue weighted by Crippen LogP contribution is 2.17. The summed E-state index contributed by atoms with van der Waals surface area (Å²) in [5.41, 5.74) is 0.361. The second-order valence-electron chi connectivity index (χ2n) is 4.88. The highest BCUT2D eigenvalue weighted by Gasteiger charge is 2.20. The Labute approximate surface area is 74.9 Å². The molecule has 1 saturated heterocycles. The molecule has 12 heavy (non-hydrogen) atoms. The third-order valence-electron chi connectivity index (χ3n) is 2.11. The Kier molecular flexibility index (Phi) is 2.89. The first-order valence-corrected chi connectivity index (χ1v) is 4.71. The minimum atomic E-state index is 0.361. The van der Waals surface area contributed by atoms with Crippen molar-refractivity contribution < 1.29 is 4.79 Å². The quantitative estimate of drug-likeness (QED) is 0.595. The van der Waals surface area contributed by atoms with E-state index in [-0.39, 0.29) is 0 Å². The summed E-state index contributed by atoms with van der Waals surface area (Å²) in [5.74, 6) is 0.431. The summed E-state index contributed by atoms with van der Waals surface area (Å²) in [5, 5.41) is 0. The molecule has 0 N–H and O–H groups in total.